The van der Waals surface area contributed by atoms with Crippen LogP contribution in [-0.2, 0) is 13.0 Å². The maximum atomic E-state index is 6.36. The highest BCUT2D eigenvalue weighted by atomic mass is 16.5. The van der Waals surface area contributed by atoms with Crippen molar-refractivity contribution in [1.29, 1.82) is 0 Å². The number of nitrogens with zero attached hydrogens (tertiary/aromatic N) is 2. The van der Waals surface area contributed by atoms with Gasteiger partial charge in [0.15, 0.2) is 0 Å². The van der Waals surface area contributed by atoms with E-state index in [1.807, 2.05) is 12.1 Å². The van der Waals surface area contributed by atoms with Crippen molar-refractivity contribution in [2.75, 3.05) is 7.11 Å². The fourth-order valence-electron chi connectivity index (χ4n) is 2.90. The van der Waals surface area contributed by atoms with E-state index in [4.69, 9.17) is 15.5 Å². The molecule has 0 radical (unpaired) electrons. The molecule has 1 saturated carbocycles. The summed E-state index contributed by atoms with van der Waals surface area (Å²) in [5.41, 5.74) is 8.50. The molecular weight excluding hydrogens is 238 g/mol. The SMILES string of the molecule is CCn1c(CC2(N)CCC2)nc2cc(OC)ccc21. The van der Waals surface area contributed by atoms with Crippen molar-refractivity contribution in [1.82, 2.24) is 9.55 Å². The fourth-order valence-corrected chi connectivity index (χ4v) is 2.90. The molecule has 102 valence electrons. The van der Waals surface area contributed by atoms with Gasteiger partial charge in [0.2, 0.25) is 0 Å². The Morgan fingerprint density at radius 2 is 2.21 bits per heavy atom. The van der Waals surface area contributed by atoms with E-state index in [0.29, 0.717) is 0 Å². The molecule has 0 saturated heterocycles. The van der Waals surface area contributed by atoms with Crippen molar-refractivity contribution in [2.45, 2.75) is 44.7 Å². The van der Waals surface area contributed by atoms with E-state index >= 15 is 0 Å². The van der Waals surface area contributed by atoms with Crippen LogP contribution in [0.25, 0.3) is 11.0 Å². The predicted molar refractivity (Wildman–Crippen MR) is 76.4 cm³/mol. The second-order valence-electron chi connectivity index (χ2n) is 5.52. The Kier molecular flexibility index (Phi) is 2.97. The molecule has 0 unspecified atom stereocenters. The lowest BCUT2D eigenvalue weighted by atomic mass is 9.75. The molecule has 1 aromatic heterocycles. The number of imidazole rings is 1. The molecule has 0 spiro atoms. The second kappa shape index (κ2) is 4.53. The molecule has 2 N–H and O–H groups in total. The predicted octanol–water partition coefficient (Wildman–Crippen LogP) is 2.49. The van der Waals surface area contributed by atoms with E-state index in [1.54, 1.807) is 7.11 Å². The molecule has 2 aromatic rings. The molecule has 3 rings (SSSR count). The van der Waals surface area contributed by atoms with Gasteiger partial charge in [-0.15, -0.1) is 0 Å². The summed E-state index contributed by atoms with van der Waals surface area (Å²) in [6.45, 7) is 3.08. The van der Waals surface area contributed by atoms with Crippen LogP contribution in [0.1, 0.15) is 32.0 Å². The van der Waals surface area contributed by atoms with Crippen molar-refractivity contribution in [2.24, 2.45) is 5.73 Å². The first-order valence-electron chi connectivity index (χ1n) is 6.97. The number of hydrogen-bond donors (Lipinski definition) is 1. The molecule has 1 aliphatic carbocycles. The van der Waals surface area contributed by atoms with Crippen molar-refractivity contribution in [3.8, 4) is 5.75 Å². The molecule has 1 fully saturated rings. The zero-order valence-electron chi connectivity index (χ0n) is 11.6. The molecule has 4 nitrogen and oxygen atoms in total. The number of aryl methyl sites for hydroxylation is 1. The average Bonchev–Trinajstić information content (AvgIpc) is 2.72. The summed E-state index contributed by atoms with van der Waals surface area (Å²) in [6, 6.07) is 6.06. The largest absolute Gasteiger partial charge is 0.497 e. The molecule has 0 atom stereocenters. The lowest BCUT2D eigenvalue weighted by Gasteiger charge is -2.37. The first kappa shape index (κ1) is 12.5. The molecule has 1 aliphatic rings. The number of nitrogens with two attached hydrogens (primary N) is 1. The lowest BCUT2D eigenvalue weighted by molar-refractivity contribution is 0.241. The van der Waals surface area contributed by atoms with Crippen LogP contribution in [-0.4, -0.2) is 22.2 Å². The maximum absolute atomic E-state index is 6.36. The number of rotatable bonds is 4. The first-order chi connectivity index (χ1) is 9.15. The Bertz CT molecular complexity index is 599. The normalized spacial score (nSPS) is 17.4. The fraction of sp³-hybridized carbons (Fsp3) is 0.533. The Hall–Kier alpha value is -1.55. The van der Waals surface area contributed by atoms with Gasteiger partial charge in [0.25, 0.3) is 0 Å². The third-order valence-corrected chi connectivity index (χ3v) is 4.21. The van der Waals surface area contributed by atoms with Gasteiger partial charge in [-0.1, -0.05) is 0 Å². The van der Waals surface area contributed by atoms with E-state index < -0.39 is 0 Å². The highest BCUT2D eigenvalue weighted by Crippen LogP contribution is 2.33. The zero-order valence-corrected chi connectivity index (χ0v) is 11.6. The third kappa shape index (κ3) is 2.10. The zero-order chi connectivity index (χ0) is 13.5. The standard InChI is InChI=1S/C15H21N3O/c1-3-18-13-6-5-11(19-2)9-12(13)17-14(18)10-15(16)7-4-8-15/h5-6,9H,3-4,7-8,10,16H2,1-2H3. The first-order valence-corrected chi connectivity index (χ1v) is 6.97. The lowest BCUT2D eigenvalue weighted by Crippen LogP contribution is -2.48. The van der Waals surface area contributed by atoms with Crippen LogP contribution in [0.4, 0.5) is 0 Å². The number of ether oxygens (including phenoxy) is 1. The number of benzene rings is 1. The molecular formula is C15H21N3O. The van der Waals surface area contributed by atoms with Crippen LogP contribution >= 0.6 is 0 Å². The van der Waals surface area contributed by atoms with Crippen LogP contribution in [0.3, 0.4) is 0 Å². The van der Waals surface area contributed by atoms with Gasteiger partial charge < -0.3 is 15.0 Å². The van der Waals surface area contributed by atoms with E-state index in [2.05, 4.69) is 17.6 Å². The average molecular weight is 259 g/mol. The summed E-state index contributed by atoms with van der Waals surface area (Å²) in [5, 5.41) is 0. The van der Waals surface area contributed by atoms with Gasteiger partial charge in [-0.2, -0.15) is 0 Å². The van der Waals surface area contributed by atoms with Crippen LogP contribution in [0.5, 0.6) is 5.75 Å². The van der Waals surface area contributed by atoms with Crippen molar-refractivity contribution in [3.63, 3.8) is 0 Å². The molecule has 1 aromatic carbocycles. The minimum atomic E-state index is -0.0294. The van der Waals surface area contributed by atoms with Gasteiger partial charge in [0, 0.05) is 24.6 Å². The minimum absolute atomic E-state index is 0.0294. The Balaban J connectivity index is 2.03. The van der Waals surface area contributed by atoms with Gasteiger partial charge in [-0.25, -0.2) is 4.98 Å². The second-order valence-corrected chi connectivity index (χ2v) is 5.52. The highest BCUT2D eigenvalue weighted by Gasteiger charge is 2.34. The monoisotopic (exact) mass is 259 g/mol. The van der Waals surface area contributed by atoms with Crippen LogP contribution in [0, 0.1) is 0 Å². The van der Waals surface area contributed by atoms with Gasteiger partial charge in [0.05, 0.1) is 18.1 Å². The highest BCUT2D eigenvalue weighted by molar-refractivity contribution is 5.77. The maximum Gasteiger partial charge on any atom is 0.121 e. The van der Waals surface area contributed by atoms with Gasteiger partial charge in [-0.05, 0) is 38.3 Å². The van der Waals surface area contributed by atoms with Crippen molar-refractivity contribution >= 4 is 11.0 Å². The number of methoxy groups -OCH3 is 1. The third-order valence-electron chi connectivity index (χ3n) is 4.21. The van der Waals surface area contributed by atoms with E-state index in [9.17, 15) is 0 Å². The number of fused-ring (bicyclic) bond motifs is 1. The summed E-state index contributed by atoms with van der Waals surface area (Å²) in [7, 11) is 1.68. The van der Waals surface area contributed by atoms with Crippen LogP contribution in [0.15, 0.2) is 18.2 Å². The molecule has 19 heavy (non-hydrogen) atoms. The van der Waals surface area contributed by atoms with Crippen molar-refractivity contribution < 1.29 is 4.74 Å². The van der Waals surface area contributed by atoms with E-state index in [-0.39, 0.29) is 5.54 Å². The van der Waals surface area contributed by atoms with Gasteiger partial charge >= 0.3 is 0 Å². The van der Waals surface area contributed by atoms with E-state index in [0.717, 1.165) is 42.9 Å². The molecule has 0 aliphatic heterocycles. The van der Waals surface area contributed by atoms with Crippen LogP contribution < -0.4 is 10.5 Å². The quantitative estimate of drug-likeness (QED) is 0.917. The molecule has 0 bridgehead atoms. The Labute approximate surface area is 113 Å². The summed E-state index contributed by atoms with van der Waals surface area (Å²) in [4.78, 5) is 4.76. The Morgan fingerprint density at radius 3 is 2.79 bits per heavy atom. The number of aromatic nitrogens is 2. The summed E-state index contributed by atoms with van der Waals surface area (Å²) in [6.07, 6.45) is 4.35. The molecule has 4 heteroatoms. The summed E-state index contributed by atoms with van der Waals surface area (Å²) >= 11 is 0. The smallest absolute Gasteiger partial charge is 0.121 e. The summed E-state index contributed by atoms with van der Waals surface area (Å²) < 4.78 is 7.53. The molecule has 1 heterocycles. The van der Waals surface area contributed by atoms with Crippen LogP contribution in [0.2, 0.25) is 0 Å². The summed E-state index contributed by atoms with van der Waals surface area (Å²) in [5.74, 6) is 1.96. The van der Waals surface area contributed by atoms with Crippen molar-refractivity contribution in [3.05, 3.63) is 24.0 Å². The van der Waals surface area contributed by atoms with Gasteiger partial charge in [-0.3, -0.25) is 0 Å². The number of hydrogen-bond acceptors (Lipinski definition) is 3. The topological polar surface area (TPSA) is 53.1 Å². The Morgan fingerprint density at radius 1 is 1.42 bits per heavy atom. The molecule has 0 amide bonds. The minimum Gasteiger partial charge on any atom is -0.497 e. The van der Waals surface area contributed by atoms with E-state index in [1.165, 1.54) is 11.9 Å². The van der Waals surface area contributed by atoms with Gasteiger partial charge in [0.1, 0.15) is 11.6 Å².